The highest BCUT2D eigenvalue weighted by Gasteiger charge is 2.27. The molecule has 102 valence electrons. The average molecular weight is 269 g/mol. The predicted octanol–water partition coefficient (Wildman–Crippen LogP) is 3.46. The third-order valence-corrected chi connectivity index (χ3v) is 4.13. The van der Waals surface area contributed by atoms with Crippen LogP contribution in [0.5, 0.6) is 0 Å². The maximum atomic E-state index is 11.1. The van der Waals surface area contributed by atoms with E-state index in [1.54, 1.807) is 25.2 Å². The van der Waals surface area contributed by atoms with E-state index in [2.05, 4.69) is 36.3 Å². The summed E-state index contributed by atoms with van der Waals surface area (Å²) in [5.74, 6) is -0.720. The molecule has 0 amide bonds. The Morgan fingerprint density at radius 1 is 1.50 bits per heavy atom. The van der Waals surface area contributed by atoms with Crippen molar-refractivity contribution in [2.45, 2.75) is 46.7 Å². The van der Waals surface area contributed by atoms with E-state index in [0.717, 1.165) is 13.1 Å². The Kier molecular flexibility index (Phi) is 5.35. The molecular weight excluding hydrogens is 246 g/mol. The Hall–Kier alpha value is -0.870. The molecule has 0 spiro atoms. The molecule has 0 aliphatic heterocycles. The largest absolute Gasteiger partial charge is 0.481 e. The summed E-state index contributed by atoms with van der Waals surface area (Å²) >= 11 is 1.75. The molecule has 0 unspecified atom stereocenters. The van der Waals surface area contributed by atoms with E-state index in [0.29, 0.717) is 12.5 Å². The van der Waals surface area contributed by atoms with Crippen LogP contribution in [-0.4, -0.2) is 28.6 Å². The van der Waals surface area contributed by atoms with E-state index in [1.807, 2.05) is 0 Å². The SMILES string of the molecule is CC(C)N(CCC(C)(C)C(=O)O)Cc1cccs1. The van der Waals surface area contributed by atoms with Gasteiger partial charge in [0.25, 0.3) is 0 Å². The van der Waals surface area contributed by atoms with E-state index in [-0.39, 0.29) is 0 Å². The summed E-state index contributed by atoms with van der Waals surface area (Å²) in [6.45, 7) is 9.61. The predicted molar refractivity (Wildman–Crippen MR) is 75.9 cm³/mol. The molecule has 0 aliphatic carbocycles. The summed E-state index contributed by atoms with van der Waals surface area (Å²) in [6, 6.07) is 4.61. The summed E-state index contributed by atoms with van der Waals surface area (Å²) in [4.78, 5) is 14.8. The first kappa shape index (κ1) is 15.2. The van der Waals surface area contributed by atoms with E-state index in [4.69, 9.17) is 5.11 Å². The fraction of sp³-hybridized carbons (Fsp3) is 0.643. The molecule has 1 N–H and O–H groups in total. The first-order valence-electron chi connectivity index (χ1n) is 6.33. The second kappa shape index (κ2) is 6.34. The first-order valence-corrected chi connectivity index (χ1v) is 7.21. The highest BCUT2D eigenvalue weighted by molar-refractivity contribution is 7.09. The lowest BCUT2D eigenvalue weighted by Crippen LogP contribution is -2.35. The smallest absolute Gasteiger partial charge is 0.309 e. The maximum Gasteiger partial charge on any atom is 0.309 e. The molecule has 0 bridgehead atoms. The normalized spacial score (nSPS) is 12.3. The van der Waals surface area contributed by atoms with Crippen molar-refractivity contribution in [2.75, 3.05) is 6.54 Å². The molecular formula is C14H23NO2S. The van der Waals surface area contributed by atoms with Crippen LogP contribution in [0.4, 0.5) is 0 Å². The summed E-state index contributed by atoms with van der Waals surface area (Å²) in [5, 5.41) is 11.2. The number of carbonyl (C=O) groups is 1. The van der Waals surface area contributed by atoms with Crippen LogP contribution in [0, 0.1) is 5.41 Å². The molecule has 0 aromatic carbocycles. The molecule has 0 aliphatic rings. The molecule has 0 saturated carbocycles. The summed E-state index contributed by atoms with van der Waals surface area (Å²) < 4.78 is 0. The molecule has 18 heavy (non-hydrogen) atoms. The lowest BCUT2D eigenvalue weighted by atomic mass is 9.89. The standard InChI is InChI=1S/C14H23NO2S/c1-11(2)15(10-12-6-5-9-18-12)8-7-14(3,4)13(16)17/h5-6,9,11H,7-8,10H2,1-4H3,(H,16,17). The zero-order valence-electron chi connectivity index (χ0n) is 11.6. The van der Waals surface area contributed by atoms with Gasteiger partial charge in [0.15, 0.2) is 0 Å². The van der Waals surface area contributed by atoms with E-state index < -0.39 is 11.4 Å². The zero-order chi connectivity index (χ0) is 13.8. The highest BCUT2D eigenvalue weighted by atomic mass is 32.1. The second-order valence-electron chi connectivity index (χ2n) is 5.58. The molecule has 0 radical (unpaired) electrons. The molecule has 1 rings (SSSR count). The van der Waals surface area contributed by atoms with Gasteiger partial charge in [-0.3, -0.25) is 9.69 Å². The minimum Gasteiger partial charge on any atom is -0.481 e. The maximum absolute atomic E-state index is 11.1. The molecule has 1 aromatic rings. The molecule has 0 saturated heterocycles. The second-order valence-corrected chi connectivity index (χ2v) is 6.61. The minimum atomic E-state index is -0.720. The van der Waals surface area contributed by atoms with Crippen molar-refractivity contribution in [3.05, 3.63) is 22.4 Å². The number of carboxylic acids is 1. The van der Waals surface area contributed by atoms with Gasteiger partial charge in [-0.25, -0.2) is 0 Å². The number of aliphatic carboxylic acids is 1. The van der Waals surface area contributed by atoms with Crippen molar-refractivity contribution in [3.63, 3.8) is 0 Å². The quantitative estimate of drug-likeness (QED) is 0.824. The van der Waals surface area contributed by atoms with Crippen LogP contribution in [0.2, 0.25) is 0 Å². The Balaban J connectivity index is 2.56. The fourth-order valence-electron chi connectivity index (χ4n) is 1.65. The van der Waals surface area contributed by atoms with Gasteiger partial charge in [-0.1, -0.05) is 6.07 Å². The third kappa shape index (κ3) is 4.42. The molecule has 4 heteroatoms. The van der Waals surface area contributed by atoms with Gasteiger partial charge in [0.05, 0.1) is 5.41 Å². The average Bonchev–Trinajstić information content (AvgIpc) is 2.76. The van der Waals surface area contributed by atoms with Crippen LogP contribution in [0.1, 0.15) is 39.0 Å². The van der Waals surface area contributed by atoms with Crippen molar-refractivity contribution < 1.29 is 9.90 Å². The Labute approximate surface area is 113 Å². The van der Waals surface area contributed by atoms with Crippen molar-refractivity contribution in [1.29, 1.82) is 0 Å². The molecule has 1 heterocycles. The van der Waals surface area contributed by atoms with Gasteiger partial charge in [-0.15, -0.1) is 11.3 Å². The molecule has 0 fully saturated rings. The molecule has 1 aromatic heterocycles. The van der Waals surface area contributed by atoms with Crippen LogP contribution >= 0.6 is 11.3 Å². The Morgan fingerprint density at radius 2 is 2.17 bits per heavy atom. The molecule has 3 nitrogen and oxygen atoms in total. The first-order chi connectivity index (χ1) is 8.33. The monoisotopic (exact) mass is 269 g/mol. The van der Waals surface area contributed by atoms with Crippen LogP contribution in [0.3, 0.4) is 0 Å². The van der Waals surface area contributed by atoms with Gasteiger partial charge in [-0.2, -0.15) is 0 Å². The van der Waals surface area contributed by atoms with Crippen molar-refractivity contribution >= 4 is 17.3 Å². The van der Waals surface area contributed by atoms with Gasteiger partial charge in [-0.05, 0) is 52.1 Å². The van der Waals surface area contributed by atoms with Crippen LogP contribution in [0.15, 0.2) is 17.5 Å². The van der Waals surface area contributed by atoms with Gasteiger partial charge >= 0.3 is 5.97 Å². The van der Waals surface area contributed by atoms with Gasteiger partial charge in [0.1, 0.15) is 0 Å². The lowest BCUT2D eigenvalue weighted by molar-refractivity contribution is -0.147. The van der Waals surface area contributed by atoms with Crippen LogP contribution in [0.25, 0.3) is 0 Å². The van der Waals surface area contributed by atoms with Crippen LogP contribution in [-0.2, 0) is 11.3 Å². The van der Waals surface area contributed by atoms with E-state index in [1.165, 1.54) is 4.88 Å². The van der Waals surface area contributed by atoms with Gasteiger partial charge in [0.2, 0.25) is 0 Å². The van der Waals surface area contributed by atoms with Gasteiger partial charge < -0.3 is 5.11 Å². The number of hydrogen-bond donors (Lipinski definition) is 1. The van der Waals surface area contributed by atoms with Gasteiger partial charge in [0, 0.05) is 17.5 Å². The van der Waals surface area contributed by atoms with Crippen molar-refractivity contribution in [1.82, 2.24) is 4.90 Å². The van der Waals surface area contributed by atoms with Crippen LogP contribution < -0.4 is 0 Å². The summed E-state index contributed by atoms with van der Waals surface area (Å²) in [7, 11) is 0. The third-order valence-electron chi connectivity index (χ3n) is 3.27. The molecule has 0 atom stereocenters. The number of hydrogen-bond acceptors (Lipinski definition) is 3. The number of thiophene rings is 1. The summed E-state index contributed by atoms with van der Waals surface area (Å²) in [6.07, 6.45) is 0.673. The highest BCUT2D eigenvalue weighted by Crippen LogP contribution is 2.22. The van der Waals surface area contributed by atoms with Crippen molar-refractivity contribution in [3.8, 4) is 0 Å². The Bertz CT molecular complexity index is 371. The van der Waals surface area contributed by atoms with E-state index >= 15 is 0 Å². The van der Waals surface area contributed by atoms with Crippen molar-refractivity contribution in [2.24, 2.45) is 5.41 Å². The minimum absolute atomic E-state index is 0.427. The number of rotatable bonds is 7. The summed E-state index contributed by atoms with van der Waals surface area (Å²) in [5.41, 5.74) is -0.650. The number of nitrogens with zero attached hydrogens (tertiary/aromatic N) is 1. The Morgan fingerprint density at radius 3 is 2.61 bits per heavy atom. The zero-order valence-corrected chi connectivity index (χ0v) is 12.5. The topological polar surface area (TPSA) is 40.5 Å². The lowest BCUT2D eigenvalue weighted by Gasteiger charge is -2.29. The number of carboxylic acid groups (broad SMARTS) is 1. The fourth-order valence-corrected chi connectivity index (χ4v) is 2.38. The van der Waals surface area contributed by atoms with E-state index in [9.17, 15) is 4.79 Å².